The fourth-order valence-electron chi connectivity index (χ4n) is 3.71. The number of nitrogens with zero attached hydrogens (tertiary/aromatic N) is 5. The van der Waals surface area contributed by atoms with E-state index < -0.39 is 0 Å². The first-order chi connectivity index (χ1) is 13.8. The van der Waals surface area contributed by atoms with Gasteiger partial charge in [0.15, 0.2) is 5.82 Å². The van der Waals surface area contributed by atoms with E-state index in [-0.39, 0.29) is 0 Å². The molecule has 7 nitrogen and oxygen atoms in total. The molecule has 0 radical (unpaired) electrons. The highest BCUT2D eigenvalue weighted by Crippen LogP contribution is 2.29. The van der Waals surface area contributed by atoms with E-state index in [1.165, 1.54) is 5.56 Å². The molecule has 1 aromatic carbocycles. The molecule has 0 spiro atoms. The molecule has 1 unspecified atom stereocenters. The number of ether oxygens (including phenoxy) is 1. The van der Waals surface area contributed by atoms with Crippen LogP contribution in [0.1, 0.15) is 24.1 Å². The monoisotopic (exact) mass is 378 g/mol. The first-order valence-electron chi connectivity index (χ1n) is 9.63. The first-order valence-corrected chi connectivity index (χ1v) is 9.63. The maximum Gasteiger partial charge on any atom is 0.155 e. The Morgan fingerprint density at radius 2 is 1.82 bits per heavy atom. The zero-order valence-electron chi connectivity index (χ0n) is 16.4. The summed E-state index contributed by atoms with van der Waals surface area (Å²) in [6.07, 6.45) is 7.42. The van der Waals surface area contributed by atoms with Crippen LogP contribution in [0.2, 0.25) is 0 Å². The summed E-state index contributed by atoms with van der Waals surface area (Å²) in [7, 11) is 1.71. The lowest BCUT2D eigenvalue weighted by Gasteiger charge is -2.38. The van der Waals surface area contributed by atoms with Crippen LogP contribution in [0.4, 0.5) is 5.82 Å². The van der Waals surface area contributed by atoms with Crippen LogP contribution in [0.3, 0.4) is 0 Å². The van der Waals surface area contributed by atoms with E-state index in [4.69, 9.17) is 4.74 Å². The second kappa shape index (κ2) is 8.50. The van der Waals surface area contributed by atoms with Gasteiger partial charge in [0.2, 0.25) is 0 Å². The zero-order chi connectivity index (χ0) is 19.3. The second-order valence-electron chi connectivity index (χ2n) is 7.09. The van der Waals surface area contributed by atoms with Gasteiger partial charge in [-0.25, -0.2) is 4.98 Å². The number of nitrogens with one attached hydrogen (secondary N) is 1. The predicted molar refractivity (Wildman–Crippen MR) is 109 cm³/mol. The summed E-state index contributed by atoms with van der Waals surface area (Å²) in [5, 5.41) is 6.98. The Balaban J connectivity index is 1.48. The van der Waals surface area contributed by atoms with Crippen LogP contribution >= 0.6 is 0 Å². The highest BCUT2D eigenvalue weighted by molar-refractivity contribution is 5.72. The Morgan fingerprint density at radius 1 is 1.07 bits per heavy atom. The summed E-state index contributed by atoms with van der Waals surface area (Å²) in [4.78, 5) is 14.1. The number of aromatic amines is 1. The molecule has 0 saturated carbocycles. The fourth-order valence-corrected chi connectivity index (χ4v) is 3.71. The number of hydrogen-bond donors (Lipinski definition) is 1. The molecule has 0 bridgehead atoms. The van der Waals surface area contributed by atoms with Crippen molar-refractivity contribution >= 4 is 5.82 Å². The Labute approximate surface area is 165 Å². The Morgan fingerprint density at radius 3 is 2.50 bits per heavy atom. The van der Waals surface area contributed by atoms with Gasteiger partial charge in [0.05, 0.1) is 12.8 Å². The molecular formula is C21H26N6O. The largest absolute Gasteiger partial charge is 0.380 e. The number of rotatable bonds is 6. The number of piperazine rings is 1. The van der Waals surface area contributed by atoms with E-state index in [9.17, 15) is 0 Å². The number of aromatic nitrogens is 4. The lowest BCUT2D eigenvalue weighted by Crippen LogP contribution is -2.47. The number of anilines is 1. The molecule has 1 aliphatic heterocycles. The standard InChI is InChI=1S/C21H26N6O/c1-16(19-13-24-25-14-19)26-9-11-27(12-10-26)21-20(22-7-8-23-21)18-5-3-17(4-6-18)15-28-2/h3-8,13-14,16H,9-12,15H2,1-2H3,(H,24,25). The lowest BCUT2D eigenvalue weighted by molar-refractivity contribution is 0.185. The van der Waals surface area contributed by atoms with Crippen LogP contribution in [-0.2, 0) is 11.3 Å². The molecule has 28 heavy (non-hydrogen) atoms. The fraction of sp³-hybridized carbons (Fsp3) is 0.381. The van der Waals surface area contributed by atoms with Gasteiger partial charge in [0.25, 0.3) is 0 Å². The molecule has 3 heterocycles. The number of methoxy groups -OCH3 is 1. The Bertz CT molecular complexity index is 872. The number of H-pyrrole nitrogens is 1. The molecule has 0 aliphatic carbocycles. The van der Waals surface area contributed by atoms with E-state index in [0.717, 1.165) is 48.8 Å². The molecule has 0 amide bonds. The molecule has 1 saturated heterocycles. The van der Waals surface area contributed by atoms with Crippen molar-refractivity contribution in [3.05, 3.63) is 60.2 Å². The third-order valence-electron chi connectivity index (χ3n) is 5.38. The van der Waals surface area contributed by atoms with Crippen molar-refractivity contribution < 1.29 is 4.74 Å². The van der Waals surface area contributed by atoms with Crippen molar-refractivity contribution in [1.82, 2.24) is 25.1 Å². The number of hydrogen-bond acceptors (Lipinski definition) is 6. The minimum Gasteiger partial charge on any atom is -0.380 e. The quantitative estimate of drug-likeness (QED) is 0.711. The van der Waals surface area contributed by atoms with Crippen molar-refractivity contribution in [2.24, 2.45) is 0 Å². The van der Waals surface area contributed by atoms with Crippen LogP contribution < -0.4 is 4.90 Å². The molecule has 1 N–H and O–H groups in total. The highest BCUT2D eigenvalue weighted by atomic mass is 16.5. The van der Waals surface area contributed by atoms with E-state index in [0.29, 0.717) is 12.6 Å². The number of benzene rings is 1. The molecule has 3 aromatic rings. The zero-order valence-corrected chi connectivity index (χ0v) is 16.4. The average molecular weight is 378 g/mol. The van der Waals surface area contributed by atoms with Gasteiger partial charge >= 0.3 is 0 Å². The average Bonchev–Trinajstić information content (AvgIpc) is 3.29. The van der Waals surface area contributed by atoms with Gasteiger partial charge in [-0.05, 0) is 12.5 Å². The molecule has 1 atom stereocenters. The smallest absolute Gasteiger partial charge is 0.155 e. The van der Waals surface area contributed by atoms with Crippen LogP contribution in [0.15, 0.2) is 49.1 Å². The molecule has 7 heteroatoms. The van der Waals surface area contributed by atoms with Crippen LogP contribution in [0.25, 0.3) is 11.3 Å². The summed E-state index contributed by atoms with van der Waals surface area (Å²) in [6, 6.07) is 8.72. The maximum absolute atomic E-state index is 5.20. The van der Waals surface area contributed by atoms with E-state index in [1.807, 2.05) is 12.4 Å². The topological polar surface area (TPSA) is 70.2 Å². The summed E-state index contributed by atoms with van der Waals surface area (Å²) in [6.45, 7) is 6.66. The minimum absolute atomic E-state index is 0.357. The SMILES string of the molecule is COCc1ccc(-c2nccnc2N2CCN(C(C)c3cn[nH]c3)CC2)cc1. The van der Waals surface area contributed by atoms with E-state index in [1.54, 1.807) is 19.5 Å². The van der Waals surface area contributed by atoms with Crippen molar-refractivity contribution in [1.29, 1.82) is 0 Å². The normalized spacial score (nSPS) is 16.3. The first kappa shape index (κ1) is 18.6. The summed E-state index contributed by atoms with van der Waals surface area (Å²) in [5.74, 6) is 0.956. The summed E-state index contributed by atoms with van der Waals surface area (Å²) in [5.41, 5.74) is 4.39. The summed E-state index contributed by atoms with van der Waals surface area (Å²) >= 11 is 0. The van der Waals surface area contributed by atoms with Gasteiger partial charge < -0.3 is 9.64 Å². The van der Waals surface area contributed by atoms with Gasteiger partial charge in [-0.15, -0.1) is 0 Å². The predicted octanol–water partition coefficient (Wildman–Crippen LogP) is 2.90. The molecule has 4 rings (SSSR count). The van der Waals surface area contributed by atoms with E-state index >= 15 is 0 Å². The van der Waals surface area contributed by atoms with Crippen molar-refractivity contribution in [2.45, 2.75) is 19.6 Å². The molecule has 1 aliphatic rings. The van der Waals surface area contributed by atoms with Gasteiger partial charge in [0.1, 0.15) is 5.69 Å². The lowest BCUT2D eigenvalue weighted by atomic mass is 10.1. The van der Waals surface area contributed by atoms with Gasteiger partial charge in [-0.3, -0.25) is 15.0 Å². The Kier molecular flexibility index (Phi) is 5.64. The minimum atomic E-state index is 0.357. The third-order valence-corrected chi connectivity index (χ3v) is 5.38. The molecule has 1 fully saturated rings. The molecule has 2 aromatic heterocycles. The maximum atomic E-state index is 5.20. The van der Waals surface area contributed by atoms with Crippen LogP contribution in [-0.4, -0.2) is 58.4 Å². The molecular weight excluding hydrogens is 352 g/mol. The van der Waals surface area contributed by atoms with Crippen LogP contribution in [0.5, 0.6) is 0 Å². The Hall–Kier alpha value is -2.77. The van der Waals surface area contributed by atoms with Crippen molar-refractivity contribution in [3.8, 4) is 11.3 Å². The highest BCUT2D eigenvalue weighted by Gasteiger charge is 2.25. The van der Waals surface area contributed by atoms with Gasteiger partial charge in [-0.1, -0.05) is 24.3 Å². The molecule has 146 valence electrons. The van der Waals surface area contributed by atoms with Crippen molar-refractivity contribution in [3.63, 3.8) is 0 Å². The van der Waals surface area contributed by atoms with Crippen molar-refractivity contribution in [2.75, 3.05) is 38.2 Å². The second-order valence-corrected chi connectivity index (χ2v) is 7.09. The summed E-state index contributed by atoms with van der Waals surface area (Å²) < 4.78 is 5.20. The van der Waals surface area contributed by atoms with Crippen LogP contribution in [0, 0.1) is 0 Å². The van der Waals surface area contributed by atoms with Gasteiger partial charge in [-0.2, -0.15) is 5.10 Å². The third kappa shape index (κ3) is 3.90. The van der Waals surface area contributed by atoms with E-state index in [2.05, 4.69) is 61.2 Å². The van der Waals surface area contributed by atoms with Gasteiger partial charge in [0, 0.05) is 69.0 Å².